The molecule has 0 bridgehead atoms. The Bertz CT molecular complexity index is 505. The van der Waals surface area contributed by atoms with Crippen LogP contribution >= 0.6 is 22.6 Å². The highest BCUT2D eigenvalue weighted by Gasteiger charge is 2.09. The Kier molecular flexibility index (Phi) is 3.82. The molecule has 0 unspecified atom stereocenters. The smallest absolute Gasteiger partial charge is 0.133 e. The fourth-order valence-electron chi connectivity index (χ4n) is 1.73. The van der Waals surface area contributed by atoms with Crippen LogP contribution in [0, 0.1) is 10.6 Å². The van der Waals surface area contributed by atoms with E-state index in [0.29, 0.717) is 0 Å². The fraction of sp³-hybridized carbons (Fsp3) is 0.455. The van der Waals surface area contributed by atoms with Crippen molar-refractivity contribution in [3.63, 3.8) is 0 Å². The lowest BCUT2D eigenvalue weighted by Gasteiger charge is -2.13. The van der Waals surface area contributed by atoms with Crippen molar-refractivity contribution < 1.29 is 4.52 Å². The van der Waals surface area contributed by atoms with E-state index in [1.54, 1.807) is 0 Å². The summed E-state index contributed by atoms with van der Waals surface area (Å²) in [6, 6.07) is 1.96. The Morgan fingerprint density at radius 1 is 1.47 bits per heavy atom. The molecule has 2 heterocycles. The molecule has 0 aromatic carbocycles. The van der Waals surface area contributed by atoms with Gasteiger partial charge < -0.3 is 4.52 Å². The van der Waals surface area contributed by atoms with E-state index < -0.39 is 0 Å². The molecule has 6 heteroatoms. The fourth-order valence-corrected chi connectivity index (χ4v) is 2.38. The quantitative estimate of drug-likeness (QED) is 0.794. The third-order valence-electron chi connectivity index (χ3n) is 2.40. The molecule has 92 valence electrons. The van der Waals surface area contributed by atoms with Crippen molar-refractivity contribution in [3.05, 3.63) is 33.0 Å². The molecule has 0 N–H and O–H groups in total. The van der Waals surface area contributed by atoms with Gasteiger partial charge in [-0.25, -0.2) is 0 Å². The van der Waals surface area contributed by atoms with Gasteiger partial charge in [-0.2, -0.15) is 5.10 Å². The van der Waals surface area contributed by atoms with Crippen LogP contribution in [-0.4, -0.2) is 26.9 Å². The van der Waals surface area contributed by atoms with Crippen molar-refractivity contribution in [1.82, 2.24) is 19.8 Å². The summed E-state index contributed by atoms with van der Waals surface area (Å²) in [5, 5.41) is 8.30. The minimum atomic E-state index is 0.780. The molecule has 0 aliphatic carbocycles. The van der Waals surface area contributed by atoms with Gasteiger partial charge >= 0.3 is 0 Å². The average molecular weight is 346 g/mol. The molecule has 0 aliphatic heterocycles. The second kappa shape index (κ2) is 5.18. The molecule has 0 fully saturated rings. The van der Waals surface area contributed by atoms with Crippen LogP contribution in [0.1, 0.15) is 17.0 Å². The van der Waals surface area contributed by atoms with Crippen LogP contribution in [-0.2, 0) is 20.1 Å². The minimum Gasteiger partial charge on any atom is -0.361 e. The monoisotopic (exact) mass is 346 g/mol. The molecule has 0 aliphatic rings. The van der Waals surface area contributed by atoms with E-state index >= 15 is 0 Å². The van der Waals surface area contributed by atoms with Crippen LogP contribution in [0.5, 0.6) is 0 Å². The van der Waals surface area contributed by atoms with Crippen molar-refractivity contribution in [2.45, 2.75) is 20.0 Å². The maximum absolute atomic E-state index is 5.05. The summed E-state index contributed by atoms with van der Waals surface area (Å²) < 4.78 is 7.94. The van der Waals surface area contributed by atoms with Gasteiger partial charge in [-0.1, -0.05) is 5.16 Å². The molecule has 2 aromatic heterocycles. The molecule has 0 radical (unpaired) electrons. The molecule has 0 saturated heterocycles. The van der Waals surface area contributed by atoms with E-state index in [0.717, 1.165) is 28.2 Å². The summed E-state index contributed by atoms with van der Waals surface area (Å²) in [7, 11) is 4.00. The number of aromatic nitrogens is 3. The first-order valence-electron chi connectivity index (χ1n) is 5.33. The maximum Gasteiger partial charge on any atom is 0.133 e. The number of aryl methyl sites for hydroxylation is 2. The zero-order chi connectivity index (χ0) is 12.4. The third kappa shape index (κ3) is 3.29. The SMILES string of the molecule is Cc1cc(CN(C)Cc2cn(C)nc2I)no1. The lowest BCUT2D eigenvalue weighted by molar-refractivity contribution is 0.301. The van der Waals surface area contributed by atoms with Crippen molar-refractivity contribution >= 4 is 22.6 Å². The number of halogens is 1. The van der Waals surface area contributed by atoms with E-state index in [9.17, 15) is 0 Å². The molecule has 0 spiro atoms. The van der Waals surface area contributed by atoms with E-state index in [-0.39, 0.29) is 0 Å². The van der Waals surface area contributed by atoms with E-state index in [1.165, 1.54) is 5.56 Å². The highest BCUT2D eigenvalue weighted by atomic mass is 127. The van der Waals surface area contributed by atoms with Crippen LogP contribution in [0.15, 0.2) is 16.8 Å². The molecule has 2 aromatic rings. The Balaban J connectivity index is 1.97. The lowest BCUT2D eigenvalue weighted by Crippen LogP contribution is -2.17. The van der Waals surface area contributed by atoms with Crippen LogP contribution in [0.2, 0.25) is 0 Å². The van der Waals surface area contributed by atoms with Gasteiger partial charge in [0.2, 0.25) is 0 Å². The minimum absolute atomic E-state index is 0.780. The largest absolute Gasteiger partial charge is 0.361 e. The van der Waals surface area contributed by atoms with Crippen molar-refractivity contribution in [2.75, 3.05) is 7.05 Å². The number of nitrogens with zero attached hydrogens (tertiary/aromatic N) is 4. The Labute approximate surface area is 114 Å². The normalized spacial score (nSPS) is 11.4. The zero-order valence-electron chi connectivity index (χ0n) is 10.1. The zero-order valence-corrected chi connectivity index (χ0v) is 12.3. The summed E-state index contributed by atoms with van der Waals surface area (Å²) >= 11 is 2.26. The maximum atomic E-state index is 5.05. The topological polar surface area (TPSA) is 47.1 Å². The predicted molar refractivity (Wildman–Crippen MR) is 72.3 cm³/mol. The Morgan fingerprint density at radius 2 is 2.24 bits per heavy atom. The molecule has 0 atom stereocenters. The van der Waals surface area contributed by atoms with Gasteiger partial charge in [0.1, 0.15) is 9.46 Å². The van der Waals surface area contributed by atoms with Crippen molar-refractivity contribution in [3.8, 4) is 0 Å². The number of hydrogen-bond acceptors (Lipinski definition) is 4. The number of hydrogen-bond donors (Lipinski definition) is 0. The molecule has 0 saturated carbocycles. The molecular weight excluding hydrogens is 331 g/mol. The second-order valence-electron chi connectivity index (χ2n) is 4.22. The first-order valence-corrected chi connectivity index (χ1v) is 6.41. The highest BCUT2D eigenvalue weighted by Crippen LogP contribution is 2.13. The van der Waals surface area contributed by atoms with Gasteiger partial charge in [-0.05, 0) is 36.6 Å². The summed E-state index contributed by atoms with van der Waals surface area (Å²) in [6.07, 6.45) is 2.05. The van der Waals surface area contributed by atoms with Crippen LogP contribution in [0.3, 0.4) is 0 Å². The molecular formula is C11H15IN4O. The molecule has 2 rings (SSSR count). The number of rotatable bonds is 4. The first kappa shape index (κ1) is 12.6. The molecule has 5 nitrogen and oxygen atoms in total. The third-order valence-corrected chi connectivity index (χ3v) is 3.31. The molecule has 17 heavy (non-hydrogen) atoms. The second-order valence-corrected chi connectivity index (χ2v) is 5.24. The molecule has 0 amide bonds. The lowest BCUT2D eigenvalue weighted by atomic mass is 10.3. The van der Waals surface area contributed by atoms with Gasteiger partial charge in [-0.3, -0.25) is 9.58 Å². The average Bonchev–Trinajstić information content (AvgIpc) is 2.74. The van der Waals surface area contributed by atoms with Crippen LogP contribution < -0.4 is 0 Å². The summed E-state index contributed by atoms with van der Waals surface area (Å²) in [5.41, 5.74) is 2.19. The van der Waals surface area contributed by atoms with Gasteiger partial charge in [-0.15, -0.1) is 0 Å². The Hall–Kier alpha value is -0.890. The summed E-state index contributed by atoms with van der Waals surface area (Å²) in [4.78, 5) is 2.19. The Morgan fingerprint density at radius 3 is 2.76 bits per heavy atom. The predicted octanol–water partition coefficient (Wildman–Crippen LogP) is 1.95. The van der Waals surface area contributed by atoms with Crippen LogP contribution in [0.25, 0.3) is 0 Å². The van der Waals surface area contributed by atoms with E-state index in [4.69, 9.17) is 4.52 Å². The van der Waals surface area contributed by atoms with Gasteiger partial charge in [0.05, 0.1) is 5.69 Å². The highest BCUT2D eigenvalue weighted by molar-refractivity contribution is 14.1. The van der Waals surface area contributed by atoms with Crippen LogP contribution in [0.4, 0.5) is 0 Å². The van der Waals surface area contributed by atoms with E-state index in [2.05, 4.69) is 44.8 Å². The van der Waals surface area contributed by atoms with Crippen molar-refractivity contribution in [2.24, 2.45) is 7.05 Å². The first-order chi connectivity index (χ1) is 8.04. The van der Waals surface area contributed by atoms with Crippen molar-refractivity contribution in [1.29, 1.82) is 0 Å². The van der Waals surface area contributed by atoms with Gasteiger partial charge in [0.15, 0.2) is 0 Å². The standard InChI is InChI=1S/C11H15IN4O/c1-8-4-10(14-17-8)7-15(2)5-9-6-16(3)13-11(9)12/h4,6H,5,7H2,1-3H3. The summed E-state index contributed by atoms with van der Waals surface area (Å²) in [6.45, 7) is 3.54. The van der Waals surface area contributed by atoms with Gasteiger partial charge in [0.25, 0.3) is 0 Å². The summed E-state index contributed by atoms with van der Waals surface area (Å²) in [5.74, 6) is 0.851. The van der Waals surface area contributed by atoms with E-state index in [1.807, 2.05) is 30.9 Å². The van der Waals surface area contributed by atoms with Gasteiger partial charge in [0, 0.05) is 38.0 Å².